The number of hydrogen-bond donors (Lipinski definition) is 0. The summed E-state index contributed by atoms with van der Waals surface area (Å²) in [7, 11) is 0. The van der Waals surface area contributed by atoms with Crippen molar-refractivity contribution in [3.8, 4) is 0 Å². The lowest BCUT2D eigenvalue weighted by Crippen LogP contribution is -2.31. The van der Waals surface area contributed by atoms with Crippen LogP contribution in [0.1, 0.15) is 19.3 Å². The highest BCUT2D eigenvalue weighted by atomic mass is 35.5. The molecule has 0 radical (unpaired) electrons. The summed E-state index contributed by atoms with van der Waals surface area (Å²) in [5.41, 5.74) is 0. The molecule has 76 valence electrons. The molecule has 0 spiro atoms. The highest BCUT2D eigenvalue weighted by Crippen LogP contribution is 2.18. The molecule has 0 N–H and O–H groups in total. The third-order valence-electron chi connectivity index (χ3n) is 2.21. The predicted octanol–water partition coefficient (Wildman–Crippen LogP) is 2.17. The van der Waals surface area contributed by atoms with Crippen LogP contribution >= 0.6 is 23.2 Å². The lowest BCUT2D eigenvalue weighted by molar-refractivity contribution is 0.567. The second-order valence-corrected chi connectivity index (χ2v) is 3.90. The van der Waals surface area contributed by atoms with E-state index >= 15 is 0 Å². The summed E-state index contributed by atoms with van der Waals surface area (Å²) < 4.78 is 0. The first-order chi connectivity index (χ1) is 6.75. The molecule has 0 aliphatic carbocycles. The van der Waals surface area contributed by atoms with Gasteiger partial charge in [-0.1, -0.05) is 0 Å². The molecule has 0 aromatic carbocycles. The monoisotopic (exact) mass is 232 g/mol. The predicted molar refractivity (Wildman–Crippen MR) is 55.9 cm³/mol. The molecule has 14 heavy (non-hydrogen) atoms. The number of rotatable bonds is 1. The van der Waals surface area contributed by atoms with Gasteiger partial charge in [0.25, 0.3) is 0 Å². The molecule has 0 saturated carbocycles. The van der Waals surface area contributed by atoms with Gasteiger partial charge in [0.15, 0.2) is 0 Å². The fourth-order valence-corrected chi connectivity index (χ4v) is 1.91. The summed E-state index contributed by atoms with van der Waals surface area (Å²) in [6.45, 7) is 1.94. The zero-order valence-electron chi connectivity index (χ0n) is 7.58. The Morgan fingerprint density at radius 1 is 0.857 bits per heavy atom. The standard InChI is InChI=1S/C8H10Cl2N4/c9-6-11-7(10)13-8(12-6)14-4-2-1-3-5-14/h1-5H2. The van der Waals surface area contributed by atoms with Crippen molar-refractivity contribution in [2.75, 3.05) is 18.0 Å². The van der Waals surface area contributed by atoms with E-state index in [1.165, 1.54) is 19.3 Å². The highest BCUT2D eigenvalue weighted by Gasteiger charge is 2.14. The minimum Gasteiger partial charge on any atom is -0.341 e. The Labute approximate surface area is 92.3 Å². The van der Waals surface area contributed by atoms with E-state index < -0.39 is 0 Å². The normalized spacial score (nSPS) is 17.1. The largest absolute Gasteiger partial charge is 0.341 e. The molecule has 4 nitrogen and oxygen atoms in total. The van der Waals surface area contributed by atoms with E-state index in [0.29, 0.717) is 5.95 Å². The molecule has 1 aliphatic heterocycles. The third-order valence-corrected chi connectivity index (χ3v) is 2.55. The highest BCUT2D eigenvalue weighted by molar-refractivity contribution is 6.31. The first-order valence-corrected chi connectivity index (χ1v) is 5.33. The summed E-state index contributed by atoms with van der Waals surface area (Å²) in [6.07, 6.45) is 3.60. The first-order valence-electron chi connectivity index (χ1n) is 4.58. The quantitative estimate of drug-likeness (QED) is 0.745. The molecule has 1 aromatic heterocycles. The maximum absolute atomic E-state index is 5.70. The number of piperidine rings is 1. The maximum atomic E-state index is 5.70. The third kappa shape index (κ3) is 2.25. The Kier molecular flexibility index (Phi) is 3.03. The summed E-state index contributed by atoms with van der Waals surface area (Å²) in [6, 6.07) is 0. The number of nitrogens with zero attached hydrogens (tertiary/aromatic N) is 4. The van der Waals surface area contributed by atoms with E-state index in [0.717, 1.165) is 13.1 Å². The Hall–Kier alpha value is -0.610. The van der Waals surface area contributed by atoms with Crippen LogP contribution in [0.4, 0.5) is 5.95 Å². The molecule has 1 saturated heterocycles. The minimum atomic E-state index is 0.158. The summed E-state index contributed by atoms with van der Waals surface area (Å²) in [5, 5.41) is 0.316. The van der Waals surface area contributed by atoms with E-state index in [9.17, 15) is 0 Å². The molecule has 2 rings (SSSR count). The fourth-order valence-electron chi connectivity index (χ4n) is 1.55. The Balaban J connectivity index is 2.21. The second kappa shape index (κ2) is 4.28. The van der Waals surface area contributed by atoms with E-state index in [4.69, 9.17) is 23.2 Å². The number of hydrogen-bond acceptors (Lipinski definition) is 4. The summed E-state index contributed by atoms with van der Waals surface area (Å²) >= 11 is 11.4. The van der Waals surface area contributed by atoms with Crippen molar-refractivity contribution in [3.63, 3.8) is 0 Å². The van der Waals surface area contributed by atoms with Crippen LogP contribution in [0.15, 0.2) is 0 Å². The van der Waals surface area contributed by atoms with Gasteiger partial charge >= 0.3 is 0 Å². The first kappa shape index (κ1) is 9.93. The summed E-state index contributed by atoms with van der Waals surface area (Å²) in [4.78, 5) is 13.9. The van der Waals surface area contributed by atoms with Crippen LogP contribution in [0.5, 0.6) is 0 Å². The van der Waals surface area contributed by atoms with Crippen molar-refractivity contribution in [2.24, 2.45) is 0 Å². The van der Waals surface area contributed by atoms with Gasteiger partial charge in [0.2, 0.25) is 16.5 Å². The summed E-state index contributed by atoms with van der Waals surface area (Å²) in [5.74, 6) is 0.592. The van der Waals surface area contributed by atoms with Crippen LogP contribution in [-0.2, 0) is 0 Å². The van der Waals surface area contributed by atoms with Crippen molar-refractivity contribution < 1.29 is 0 Å². The maximum Gasteiger partial charge on any atom is 0.230 e. The molecular weight excluding hydrogens is 223 g/mol. The van der Waals surface area contributed by atoms with Gasteiger partial charge in [0.05, 0.1) is 0 Å². The van der Waals surface area contributed by atoms with Crippen LogP contribution in [0, 0.1) is 0 Å². The Bertz CT molecular complexity index is 305. The molecule has 0 unspecified atom stereocenters. The average Bonchev–Trinajstić information content (AvgIpc) is 2.18. The number of aromatic nitrogens is 3. The van der Waals surface area contributed by atoms with Crippen LogP contribution in [0.25, 0.3) is 0 Å². The zero-order chi connectivity index (χ0) is 9.97. The molecule has 1 aliphatic rings. The van der Waals surface area contributed by atoms with E-state index in [1.54, 1.807) is 0 Å². The molecule has 2 heterocycles. The van der Waals surface area contributed by atoms with Gasteiger partial charge in [-0.05, 0) is 42.5 Å². The van der Waals surface area contributed by atoms with Crippen LogP contribution in [-0.4, -0.2) is 28.0 Å². The number of halogens is 2. The Morgan fingerprint density at radius 2 is 1.43 bits per heavy atom. The second-order valence-electron chi connectivity index (χ2n) is 3.22. The lowest BCUT2D eigenvalue weighted by Gasteiger charge is -2.26. The average molecular weight is 233 g/mol. The van der Waals surface area contributed by atoms with Crippen molar-refractivity contribution in [2.45, 2.75) is 19.3 Å². The molecular formula is C8H10Cl2N4. The van der Waals surface area contributed by atoms with E-state index in [2.05, 4.69) is 19.9 Å². The van der Waals surface area contributed by atoms with E-state index in [1.807, 2.05) is 0 Å². The van der Waals surface area contributed by atoms with Crippen molar-refractivity contribution in [1.29, 1.82) is 0 Å². The zero-order valence-corrected chi connectivity index (χ0v) is 9.09. The van der Waals surface area contributed by atoms with Gasteiger partial charge in [-0.15, -0.1) is 0 Å². The van der Waals surface area contributed by atoms with Gasteiger partial charge in [-0.3, -0.25) is 0 Å². The Morgan fingerprint density at radius 3 is 2.00 bits per heavy atom. The molecule has 6 heteroatoms. The smallest absolute Gasteiger partial charge is 0.230 e. The molecule has 1 fully saturated rings. The molecule has 0 atom stereocenters. The molecule has 0 bridgehead atoms. The topological polar surface area (TPSA) is 41.9 Å². The van der Waals surface area contributed by atoms with Crippen LogP contribution in [0.2, 0.25) is 10.6 Å². The van der Waals surface area contributed by atoms with Crippen LogP contribution in [0.3, 0.4) is 0 Å². The van der Waals surface area contributed by atoms with Gasteiger partial charge < -0.3 is 4.90 Å². The van der Waals surface area contributed by atoms with E-state index in [-0.39, 0.29) is 10.6 Å². The van der Waals surface area contributed by atoms with Gasteiger partial charge in [-0.2, -0.15) is 15.0 Å². The number of anilines is 1. The van der Waals surface area contributed by atoms with Gasteiger partial charge in [0.1, 0.15) is 0 Å². The molecule has 0 amide bonds. The van der Waals surface area contributed by atoms with Crippen LogP contribution < -0.4 is 4.90 Å². The minimum absolute atomic E-state index is 0.158. The van der Waals surface area contributed by atoms with Crippen molar-refractivity contribution >= 4 is 29.2 Å². The van der Waals surface area contributed by atoms with Crippen molar-refractivity contribution in [3.05, 3.63) is 10.6 Å². The van der Waals surface area contributed by atoms with Gasteiger partial charge in [0, 0.05) is 13.1 Å². The lowest BCUT2D eigenvalue weighted by atomic mass is 10.1. The SMILES string of the molecule is Clc1nc(Cl)nc(N2CCCCC2)n1. The van der Waals surface area contributed by atoms with Crippen molar-refractivity contribution in [1.82, 2.24) is 15.0 Å². The fraction of sp³-hybridized carbons (Fsp3) is 0.625. The molecule has 1 aromatic rings. The van der Waals surface area contributed by atoms with Gasteiger partial charge in [-0.25, -0.2) is 0 Å².